The van der Waals surface area contributed by atoms with Crippen molar-refractivity contribution in [1.82, 2.24) is 10.1 Å². The molecule has 0 fully saturated rings. The largest absolute Gasteiger partial charge is 0.341 e. The molecular formula is C11H11N3O. The lowest BCUT2D eigenvalue weighted by molar-refractivity contribution is 0.418. The highest BCUT2D eigenvalue weighted by atomic mass is 16.5. The highest BCUT2D eigenvalue weighted by molar-refractivity contribution is 5.44. The summed E-state index contributed by atoms with van der Waals surface area (Å²) in [6.07, 6.45) is 1.01. The van der Waals surface area contributed by atoms with Gasteiger partial charge in [0.15, 0.2) is 5.82 Å². The second kappa shape index (κ2) is 3.08. The molecule has 4 heteroatoms. The molecule has 15 heavy (non-hydrogen) atoms. The summed E-state index contributed by atoms with van der Waals surface area (Å²) in [6.45, 7) is 0. The zero-order valence-corrected chi connectivity index (χ0v) is 8.40. The molecular weight excluding hydrogens is 190 g/mol. The monoisotopic (exact) mass is 201 g/mol. The maximum absolute atomic E-state index is 5.01. The number of benzene rings is 1. The molecule has 0 aliphatic heterocycles. The Morgan fingerprint density at radius 1 is 1.40 bits per heavy atom. The molecule has 1 aromatic heterocycles. The Kier molecular flexibility index (Phi) is 1.74. The molecule has 1 aliphatic carbocycles. The zero-order valence-electron chi connectivity index (χ0n) is 8.40. The summed E-state index contributed by atoms with van der Waals surface area (Å²) in [4.78, 5) is 4.26. The van der Waals surface area contributed by atoms with E-state index in [1.807, 2.05) is 6.07 Å². The normalized spacial score (nSPS) is 18.1. The highest BCUT2D eigenvalue weighted by Crippen LogP contribution is 2.38. The van der Waals surface area contributed by atoms with E-state index in [0.29, 0.717) is 11.9 Å². The van der Waals surface area contributed by atoms with Gasteiger partial charge in [0, 0.05) is 7.05 Å². The third-order valence-corrected chi connectivity index (χ3v) is 2.82. The van der Waals surface area contributed by atoms with Gasteiger partial charge in [0.1, 0.15) is 0 Å². The van der Waals surface area contributed by atoms with Crippen LogP contribution in [0, 0.1) is 0 Å². The van der Waals surface area contributed by atoms with E-state index in [4.69, 9.17) is 4.52 Å². The van der Waals surface area contributed by atoms with Gasteiger partial charge >= 0.3 is 6.01 Å². The lowest BCUT2D eigenvalue weighted by Crippen LogP contribution is -2.19. The van der Waals surface area contributed by atoms with E-state index in [1.165, 1.54) is 11.1 Å². The third-order valence-electron chi connectivity index (χ3n) is 2.82. The minimum Gasteiger partial charge on any atom is -0.341 e. The van der Waals surface area contributed by atoms with Gasteiger partial charge in [-0.05, 0) is 17.5 Å². The Hall–Kier alpha value is -1.84. The molecule has 0 spiro atoms. The van der Waals surface area contributed by atoms with Gasteiger partial charge in [-0.15, -0.1) is 0 Å². The van der Waals surface area contributed by atoms with E-state index in [-0.39, 0.29) is 0 Å². The van der Waals surface area contributed by atoms with Crippen LogP contribution in [-0.2, 0) is 6.42 Å². The number of hydrogen-bond donors (Lipinski definition) is 1. The van der Waals surface area contributed by atoms with Gasteiger partial charge in [-0.2, -0.15) is 4.98 Å². The standard InChI is InChI=1S/C11H11N3O/c1-12-11-13-10(14-15-11)9-6-7-4-2-3-5-8(7)9/h2-5,9H,6H2,1H3,(H,12,13,14). The molecule has 0 saturated heterocycles. The van der Waals surface area contributed by atoms with Crippen LogP contribution in [0.4, 0.5) is 6.01 Å². The van der Waals surface area contributed by atoms with Crippen molar-refractivity contribution in [2.45, 2.75) is 12.3 Å². The van der Waals surface area contributed by atoms with Gasteiger partial charge in [0.05, 0.1) is 5.92 Å². The lowest BCUT2D eigenvalue weighted by Gasteiger charge is -2.26. The predicted octanol–water partition coefficient (Wildman–Crippen LogP) is 1.80. The van der Waals surface area contributed by atoms with Crippen LogP contribution in [0.25, 0.3) is 0 Å². The quantitative estimate of drug-likeness (QED) is 0.804. The Balaban J connectivity index is 1.93. The molecule has 4 nitrogen and oxygen atoms in total. The average Bonchev–Trinajstić information content (AvgIpc) is 2.68. The molecule has 1 heterocycles. The summed E-state index contributed by atoms with van der Waals surface area (Å²) >= 11 is 0. The van der Waals surface area contributed by atoms with Crippen molar-refractivity contribution in [2.24, 2.45) is 0 Å². The fourth-order valence-corrected chi connectivity index (χ4v) is 1.97. The minimum absolute atomic E-state index is 0.312. The van der Waals surface area contributed by atoms with E-state index in [9.17, 15) is 0 Å². The Bertz CT molecular complexity index is 492. The van der Waals surface area contributed by atoms with Crippen molar-refractivity contribution in [1.29, 1.82) is 0 Å². The molecule has 2 aromatic rings. The van der Waals surface area contributed by atoms with Crippen molar-refractivity contribution in [3.8, 4) is 0 Å². The number of anilines is 1. The predicted molar refractivity (Wildman–Crippen MR) is 55.8 cm³/mol. The first-order valence-electron chi connectivity index (χ1n) is 4.97. The number of nitrogens with zero attached hydrogens (tertiary/aromatic N) is 2. The number of rotatable bonds is 2. The van der Waals surface area contributed by atoms with Gasteiger partial charge in [-0.25, -0.2) is 0 Å². The Morgan fingerprint density at radius 2 is 2.27 bits per heavy atom. The van der Waals surface area contributed by atoms with E-state index in [0.717, 1.165) is 12.2 Å². The molecule has 1 atom stereocenters. The molecule has 0 saturated carbocycles. The van der Waals surface area contributed by atoms with Crippen LogP contribution in [0.5, 0.6) is 0 Å². The minimum atomic E-state index is 0.312. The number of aromatic nitrogens is 2. The fourth-order valence-electron chi connectivity index (χ4n) is 1.97. The summed E-state index contributed by atoms with van der Waals surface area (Å²) in [6, 6.07) is 8.85. The van der Waals surface area contributed by atoms with Gasteiger partial charge in [-0.3, -0.25) is 0 Å². The summed E-state index contributed by atoms with van der Waals surface area (Å²) < 4.78 is 5.01. The number of hydrogen-bond acceptors (Lipinski definition) is 4. The lowest BCUT2D eigenvalue weighted by atomic mass is 9.77. The molecule has 76 valence electrons. The van der Waals surface area contributed by atoms with Crippen LogP contribution >= 0.6 is 0 Å². The first kappa shape index (κ1) is 8.47. The Morgan fingerprint density at radius 3 is 3.00 bits per heavy atom. The van der Waals surface area contributed by atoms with E-state index in [1.54, 1.807) is 7.05 Å². The van der Waals surface area contributed by atoms with Crippen molar-refractivity contribution in [3.05, 3.63) is 41.2 Å². The molecule has 0 bridgehead atoms. The van der Waals surface area contributed by atoms with Crippen molar-refractivity contribution in [3.63, 3.8) is 0 Å². The van der Waals surface area contributed by atoms with E-state index in [2.05, 4.69) is 33.7 Å². The maximum Gasteiger partial charge on any atom is 0.321 e. The third kappa shape index (κ3) is 1.21. The molecule has 1 unspecified atom stereocenters. The smallest absolute Gasteiger partial charge is 0.321 e. The second-order valence-electron chi connectivity index (χ2n) is 3.66. The first-order chi connectivity index (χ1) is 7.38. The average molecular weight is 201 g/mol. The van der Waals surface area contributed by atoms with Crippen LogP contribution in [0.3, 0.4) is 0 Å². The summed E-state index contributed by atoms with van der Waals surface area (Å²) in [5, 5.41) is 6.79. The van der Waals surface area contributed by atoms with E-state index >= 15 is 0 Å². The van der Waals surface area contributed by atoms with Crippen LogP contribution in [0.1, 0.15) is 22.9 Å². The van der Waals surface area contributed by atoms with Gasteiger partial charge < -0.3 is 9.84 Å². The van der Waals surface area contributed by atoms with Crippen LogP contribution < -0.4 is 5.32 Å². The SMILES string of the molecule is CNc1nc(C2Cc3ccccc32)no1. The summed E-state index contributed by atoms with van der Waals surface area (Å²) in [5.41, 5.74) is 2.71. The van der Waals surface area contributed by atoms with Gasteiger partial charge in [0.2, 0.25) is 0 Å². The second-order valence-corrected chi connectivity index (χ2v) is 3.66. The summed E-state index contributed by atoms with van der Waals surface area (Å²) in [5.74, 6) is 1.09. The first-order valence-corrected chi connectivity index (χ1v) is 4.97. The topological polar surface area (TPSA) is 51.0 Å². The van der Waals surface area contributed by atoms with Crippen molar-refractivity contribution in [2.75, 3.05) is 12.4 Å². The highest BCUT2D eigenvalue weighted by Gasteiger charge is 2.30. The molecule has 0 radical (unpaired) electrons. The van der Waals surface area contributed by atoms with E-state index < -0.39 is 0 Å². The number of fused-ring (bicyclic) bond motifs is 1. The molecule has 0 amide bonds. The van der Waals surface area contributed by atoms with Crippen molar-refractivity contribution < 1.29 is 4.52 Å². The van der Waals surface area contributed by atoms with Crippen LogP contribution in [0.2, 0.25) is 0 Å². The van der Waals surface area contributed by atoms with Crippen LogP contribution in [-0.4, -0.2) is 17.2 Å². The van der Waals surface area contributed by atoms with Gasteiger partial charge in [0.25, 0.3) is 0 Å². The molecule has 1 aromatic carbocycles. The fraction of sp³-hybridized carbons (Fsp3) is 0.273. The maximum atomic E-state index is 5.01. The number of nitrogens with one attached hydrogen (secondary N) is 1. The molecule has 1 N–H and O–H groups in total. The summed E-state index contributed by atoms with van der Waals surface area (Å²) in [7, 11) is 1.77. The van der Waals surface area contributed by atoms with Gasteiger partial charge in [-0.1, -0.05) is 29.4 Å². The molecule has 1 aliphatic rings. The van der Waals surface area contributed by atoms with Crippen LogP contribution in [0.15, 0.2) is 28.8 Å². The molecule has 3 rings (SSSR count). The zero-order chi connectivity index (χ0) is 10.3. The van der Waals surface area contributed by atoms with Crippen molar-refractivity contribution >= 4 is 6.01 Å². The Labute approximate surface area is 87.3 Å².